The highest BCUT2D eigenvalue weighted by atomic mass is 16.6. The molecule has 0 amide bonds. The standard InChI is InChI=1S/C29H34O9/c1-14(2)23(31)36-22-21(35-25(33)29-12-11-28(8,24(32)38-29)27(29,6)7)19-18(37-26(22,4)5)10-9-16-17(30)13-15(3)34-20(16)19/h9-10,13-14,21-22H,11-12H2,1-8H3/t21-,22-,28+,29-/m1/s1. The second-order valence-corrected chi connectivity index (χ2v) is 12.3. The van der Waals surface area contributed by atoms with Crippen molar-refractivity contribution < 1.29 is 37.7 Å². The van der Waals surface area contributed by atoms with E-state index in [0.29, 0.717) is 24.4 Å². The molecule has 1 aromatic heterocycles. The molecule has 2 fully saturated rings. The van der Waals surface area contributed by atoms with E-state index >= 15 is 0 Å². The fraction of sp³-hybridized carbons (Fsp3) is 0.586. The first kappa shape index (κ1) is 26.3. The first-order valence-electron chi connectivity index (χ1n) is 13.0. The Balaban J connectivity index is 1.69. The zero-order chi connectivity index (χ0) is 28.0. The topological polar surface area (TPSA) is 118 Å². The zero-order valence-corrected chi connectivity index (χ0v) is 23.1. The Kier molecular flexibility index (Phi) is 5.58. The van der Waals surface area contributed by atoms with Crippen molar-refractivity contribution in [1.82, 2.24) is 0 Å². The maximum Gasteiger partial charge on any atom is 0.351 e. The number of benzene rings is 1. The maximum atomic E-state index is 14.1. The van der Waals surface area contributed by atoms with Crippen LogP contribution in [0.5, 0.6) is 5.75 Å². The summed E-state index contributed by atoms with van der Waals surface area (Å²) in [5.41, 5.74) is -4.10. The second-order valence-electron chi connectivity index (χ2n) is 12.3. The predicted octanol–water partition coefficient (Wildman–Crippen LogP) is 4.55. The largest absolute Gasteiger partial charge is 0.483 e. The molecule has 3 heterocycles. The van der Waals surface area contributed by atoms with Crippen LogP contribution in [0.3, 0.4) is 0 Å². The number of ether oxygens (including phenoxy) is 4. The Hall–Kier alpha value is -3.36. The number of carbonyl (C=O) groups is 3. The van der Waals surface area contributed by atoms with Crippen molar-refractivity contribution in [1.29, 1.82) is 0 Å². The summed E-state index contributed by atoms with van der Waals surface area (Å²) in [4.78, 5) is 52.6. The summed E-state index contributed by atoms with van der Waals surface area (Å²) in [7, 11) is 0. The zero-order valence-electron chi connectivity index (χ0n) is 23.1. The Bertz CT molecular complexity index is 1430. The van der Waals surface area contributed by atoms with Crippen LogP contribution in [-0.4, -0.2) is 35.2 Å². The molecule has 5 rings (SSSR count). The number of aryl methyl sites for hydroxylation is 1. The van der Waals surface area contributed by atoms with Gasteiger partial charge in [-0.3, -0.25) is 14.4 Å². The third kappa shape index (κ3) is 3.36. The Morgan fingerprint density at radius 3 is 2.26 bits per heavy atom. The van der Waals surface area contributed by atoms with Gasteiger partial charge in [-0.25, -0.2) is 4.79 Å². The van der Waals surface area contributed by atoms with Crippen LogP contribution < -0.4 is 10.2 Å². The van der Waals surface area contributed by atoms with Crippen molar-refractivity contribution in [2.24, 2.45) is 16.7 Å². The van der Waals surface area contributed by atoms with Crippen molar-refractivity contribution in [2.75, 3.05) is 0 Å². The molecule has 204 valence electrons. The summed E-state index contributed by atoms with van der Waals surface area (Å²) in [5, 5.41) is 0.270. The fourth-order valence-corrected chi connectivity index (χ4v) is 6.05. The molecule has 3 aliphatic rings. The van der Waals surface area contributed by atoms with E-state index in [9.17, 15) is 19.2 Å². The van der Waals surface area contributed by atoms with Gasteiger partial charge in [-0.2, -0.15) is 0 Å². The van der Waals surface area contributed by atoms with Crippen molar-refractivity contribution in [3.63, 3.8) is 0 Å². The number of fused-ring (bicyclic) bond motifs is 5. The number of hydrogen-bond acceptors (Lipinski definition) is 9. The summed E-state index contributed by atoms with van der Waals surface area (Å²) in [6, 6.07) is 4.59. The van der Waals surface area contributed by atoms with Gasteiger partial charge in [-0.1, -0.05) is 27.7 Å². The molecule has 2 aromatic rings. The van der Waals surface area contributed by atoms with Crippen molar-refractivity contribution in [3.8, 4) is 5.75 Å². The van der Waals surface area contributed by atoms with Gasteiger partial charge in [0, 0.05) is 11.5 Å². The fourth-order valence-electron chi connectivity index (χ4n) is 6.05. The molecule has 1 saturated heterocycles. The van der Waals surface area contributed by atoms with Crippen molar-refractivity contribution >= 4 is 28.9 Å². The van der Waals surface area contributed by atoms with Crippen LogP contribution in [0.15, 0.2) is 27.4 Å². The smallest absolute Gasteiger partial charge is 0.351 e. The normalized spacial score (nSPS) is 30.5. The first-order valence-corrected chi connectivity index (χ1v) is 13.0. The molecular weight excluding hydrogens is 492 g/mol. The molecule has 2 aliphatic heterocycles. The van der Waals surface area contributed by atoms with Crippen LogP contribution in [-0.2, 0) is 28.6 Å². The first-order chi connectivity index (χ1) is 17.6. The third-order valence-electron chi connectivity index (χ3n) is 9.00. The van der Waals surface area contributed by atoms with Gasteiger partial charge < -0.3 is 23.4 Å². The van der Waals surface area contributed by atoms with Gasteiger partial charge in [0.25, 0.3) is 0 Å². The van der Waals surface area contributed by atoms with Gasteiger partial charge in [0.15, 0.2) is 17.6 Å². The van der Waals surface area contributed by atoms with E-state index in [1.165, 1.54) is 6.07 Å². The lowest BCUT2D eigenvalue weighted by Gasteiger charge is -2.44. The lowest BCUT2D eigenvalue weighted by Crippen LogP contribution is -2.55. The van der Waals surface area contributed by atoms with Crippen LogP contribution in [0.1, 0.15) is 78.7 Å². The predicted molar refractivity (Wildman–Crippen MR) is 135 cm³/mol. The quantitative estimate of drug-likeness (QED) is 0.418. The summed E-state index contributed by atoms with van der Waals surface area (Å²) >= 11 is 0. The molecule has 9 nitrogen and oxygen atoms in total. The van der Waals surface area contributed by atoms with E-state index in [2.05, 4.69) is 0 Å². The lowest BCUT2D eigenvalue weighted by atomic mass is 9.66. The summed E-state index contributed by atoms with van der Waals surface area (Å²) in [6.07, 6.45) is -1.50. The minimum absolute atomic E-state index is 0.183. The van der Waals surface area contributed by atoms with E-state index in [0.717, 1.165) is 0 Å². The highest BCUT2D eigenvalue weighted by molar-refractivity contribution is 5.94. The number of hydrogen-bond donors (Lipinski definition) is 0. The highest BCUT2D eigenvalue weighted by Crippen LogP contribution is 2.66. The van der Waals surface area contributed by atoms with E-state index in [1.54, 1.807) is 46.8 Å². The molecule has 4 atom stereocenters. The minimum atomic E-state index is -1.50. The average molecular weight is 527 g/mol. The molecule has 1 aliphatic carbocycles. The van der Waals surface area contributed by atoms with Gasteiger partial charge in [0.05, 0.1) is 22.3 Å². The molecule has 1 saturated carbocycles. The van der Waals surface area contributed by atoms with Gasteiger partial charge >= 0.3 is 17.9 Å². The molecule has 0 N–H and O–H groups in total. The van der Waals surface area contributed by atoms with Crippen LogP contribution in [0.4, 0.5) is 0 Å². The van der Waals surface area contributed by atoms with E-state index in [1.807, 2.05) is 20.8 Å². The third-order valence-corrected chi connectivity index (χ3v) is 9.00. The van der Waals surface area contributed by atoms with Gasteiger partial charge in [0.1, 0.15) is 22.7 Å². The Morgan fingerprint density at radius 1 is 1.00 bits per heavy atom. The van der Waals surface area contributed by atoms with Crippen LogP contribution >= 0.6 is 0 Å². The van der Waals surface area contributed by atoms with E-state index < -0.39 is 58.1 Å². The summed E-state index contributed by atoms with van der Waals surface area (Å²) in [5.74, 6) is -1.44. The van der Waals surface area contributed by atoms with Crippen molar-refractivity contribution in [2.45, 2.75) is 91.6 Å². The summed E-state index contributed by atoms with van der Waals surface area (Å²) < 4.78 is 30.1. The number of esters is 3. The minimum Gasteiger partial charge on any atom is -0.483 e. The molecule has 0 unspecified atom stereocenters. The summed E-state index contributed by atoms with van der Waals surface area (Å²) in [6.45, 7) is 14.0. The number of carbonyl (C=O) groups excluding carboxylic acids is 3. The van der Waals surface area contributed by atoms with Crippen LogP contribution in [0, 0.1) is 23.7 Å². The van der Waals surface area contributed by atoms with Gasteiger partial charge in [-0.05, 0) is 52.7 Å². The molecule has 0 spiro atoms. The van der Waals surface area contributed by atoms with Crippen LogP contribution in [0.25, 0.3) is 11.0 Å². The average Bonchev–Trinajstić information content (AvgIpc) is 3.10. The lowest BCUT2D eigenvalue weighted by molar-refractivity contribution is -0.208. The van der Waals surface area contributed by atoms with Crippen LogP contribution in [0.2, 0.25) is 0 Å². The van der Waals surface area contributed by atoms with Crippen molar-refractivity contribution in [3.05, 3.63) is 39.7 Å². The monoisotopic (exact) mass is 526 g/mol. The SMILES string of the molecule is Cc1cc(=O)c2ccc3c(c2o1)[C@@H](OC(=O)[C@@]12CC[C@@](C)(C(=O)O1)C2(C)C)[C@@H](OC(=O)C(C)C)C(C)(C)O3. The number of rotatable bonds is 4. The van der Waals surface area contributed by atoms with Gasteiger partial charge in [0.2, 0.25) is 5.60 Å². The molecule has 0 radical (unpaired) electrons. The van der Waals surface area contributed by atoms with Gasteiger partial charge in [-0.15, -0.1) is 0 Å². The molecule has 1 aromatic carbocycles. The maximum absolute atomic E-state index is 14.1. The Labute approximate surface area is 220 Å². The Morgan fingerprint density at radius 2 is 1.68 bits per heavy atom. The molecule has 38 heavy (non-hydrogen) atoms. The van der Waals surface area contributed by atoms with E-state index in [4.69, 9.17) is 23.4 Å². The molecule has 9 heteroatoms. The molecule has 2 bridgehead atoms. The van der Waals surface area contributed by atoms with E-state index in [-0.39, 0.29) is 22.0 Å². The molecular formula is C29H34O9. The highest BCUT2D eigenvalue weighted by Gasteiger charge is 2.76. The second kappa shape index (κ2) is 8.07.